The molecule has 1 N–H and O–H groups in total. The van der Waals surface area contributed by atoms with Crippen molar-refractivity contribution in [1.82, 2.24) is 0 Å². The third-order valence-electron chi connectivity index (χ3n) is 2.17. The third-order valence-corrected chi connectivity index (χ3v) is 2.17. The molecule has 0 rings (SSSR count). The van der Waals surface area contributed by atoms with Crippen LogP contribution < -0.4 is 0 Å². The summed E-state index contributed by atoms with van der Waals surface area (Å²) in [5.41, 5.74) is 0.527. The van der Waals surface area contributed by atoms with E-state index >= 15 is 0 Å². The van der Waals surface area contributed by atoms with Gasteiger partial charge in [-0.15, -0.1) is 0 Å². The van der Waals surface area contributed by atoms with Crippen molar-refractivity contribution in [2.75, 3.05) is 19.8 Å². The van der Waals surface area contributed by atoms with Gasteiger partial charge in [-0.1, -0.05) is 32.9 Å². The highest BCUT2D eigenvalue weighted by molar-refractivity contribution is 5.93. The van der Waals surface area contributed by atoms with E-state index in [-0.39, 0.29) is 25.4 Å². The summed E-state index contributed by atoms with van der Waals surface area (Å²) in [7, 11) is 0. The fraction of sp³-hybridized carbons (Fsp3) is 0.562. The molecule has 0 fully saturated rings. The molecule has 23 heavy (non-hydrogen) atoms. The summed E-state index contributed by atoms with van der Waals surface area (Å²) in [6.45, 7) is 11.9. The molecular formula is C16H26O7. The van der Waals surface area contributed by atoms with Gasteiger partial charge in [0.2, 0.25) is 0 Å². The number of aliphatic hydroxyl groups excluding tert-OH is 1. The van der Waals surface area contributed by atoms with Crippen LogP contribution in [0.5, 0.6) is 0 Å². The summed E-state index contributed by atoms with van der Waals surface area (Å²) >= 11 is 0. The predicted octanol–water partition coefficient (Wildman–Crippen LogP) is 2.53. The van der Waals surface area contributed by atoms with Crippen LogP contribution in [-0.4, -0.2) is 43.0 Å². The molecule has 7 heteroatoms. The summed E-state index contributed by atoms with van der Waals surface area (Å²) in [6, 6.07) is 0. The molecular weight excluding hydrogens is 304 g/mol. The zero-order chi connectivity index (χ0) is 18.3. The first-order valence-electron chi connectivity index (χ1n) is 7.24. The maximum atomic E-state index is 10.8. The maximum absolute atomic E-state index is 10.8. The van der Waals surface area contributed by atoms with Crippen LogP contribution in [0, 0.1) is 0 Å². The molecule has 0 spiro atoms. The zero-order valence-corrected chi connectivity index (χ0v) is 14.1. The van der Waals surface area contributed by atoms with Gasteiger partial charge in [-0.3, -0.25) is 0 Å². The highest BCUT2D eigenvalue weighted by Crippen LogP contribution is 1.98. The van der Waals surface area contributed by atoms with Crippen molar-refractivity contribution in [3.05, 3.63) is 24.3 Å². The predicted molar refractivity (Wildman–Crippen MR) is 84.6 cm³/mol. The van der Waals surface area contributed by atoms with Crippen LogP contribution in [0.25, 0.3) is 0 Å². The second-order valence-electron chi connectivity index (χ2n) is 4.62. The number of hydrogen-bond donors (Lipinski definition) is 1. The first-order valence-corrected chi connectivity index (χ1v) is 7.24. The highest BCUT2D eigenvalue weighted by atomic mass is 16.7. The van der Waals surface area contributed by atoms with Crippen molar-refractivity contribution in [3.63, 3.8) is 0 Å². The Balaban J connectivity index is 0. The van der Waals surface area contributed by atoms with Crippen LogP contribution in [0.1, 0.15) is 40.0 Å². The molecule has 0 aromatic heterocycles. The smallest absolute Gasteiger partial charge is 0.460 e. The molecule has 7 nitrogen and oxygen atoms in total. The quantitative estimate of drug-likeness (QED) is 0.316. The van der Waals surface area contributed by atoms with Gasteiger partial charge in [0.15, 0.2) is 0 Å². The molecule has 0 aliphatic heterocycles. The number of ether oxygens (including phenoxy) is 3. The van der Waals surface area contributed by atoms with Gasteiger partial charge < -0.3 is 19.3 Å². The largest absolute Gasteiger partial charge is 0.516 e. The van der Waals surface area contributed by atoms with Crippen LogP contribution in [0.2, 0.25) is 0 Å². The summed E-state index contributed by atoms with van der Waals surface area (Å²) < 4.78 is 13.4. The number of unbranched alkanes of at least 4 members (excludes halogenated alkanes) is 2. The van der Waals surface area contributed by atoms with Gasteiger partial charge in [0.25, 0.3) is 0 Å². The van der Waals surface area contributed by atoms with Gasteiger partial charge in [-0.05, 0) is 20.3 Å². The topological polar surface area (TPSA) is 99.1 Å². The fourth-order valence-corrected chi connectivity index (χ4v) is 0.961. The minimum Gasteiger partial charge on any atom is -0.460 e. The average Bonchev–Trinajstić information content (AvgIpc) is 2.49. The van der Waals surface area contributed by atoms with Gasteiger partial charge in [-0.2, -0.15) is 0 Å². The standard InChI is InChI=1S/C10H16O4.C6H10O3/c1-4-5-6-7-13-10(12)14-9(11)8(2)3;1-5(2)6(8)9-4-3-7/h2,4-7H2,1,3H3;7H,1,3-4H2,2H3. The van der Waals surface area contributed by atoms with Crippen LogP contribution >= 0.6 is 0 Å². The zero-order valence-electron chi connectivity index (χ0n) is 14.1. The lowest BCUT2D eigenvalue weighted by Crippen LogP contribution is -2.14. The van der Waals surface area contributed by atoms with E-state index in [0.29, 0.717) is 5.57 Å². The van der Waals surface area contributed by atoms with Crippen molar-refractivity contribution in [2.45, 2.75) is 40.0 Å². The average molecular weight is 330 g/mol. The van der Waals surface area contributed by atoms with Crippen molar-refractivity contribution in [3.8, 4) is 0 Å². The first kappa shape index (κ1) is 23.1. The molecule has 0 radical (unpaired) electrons. The van der Waals surface area contributed by atoms with E-state index in [1.165, 1.54) is 6.92 Å². The number of rotatable bonds is 8. The summed E-state index contributed by atoms with van der Waals surface area (Å²) in [4.78, 5) is 32.1. The second-order valence-corrected chi connectivity index (χ2v) is 4.62. The lowest BCUT2D eigenvalue weighted by Gasteiger charge is -2.03. The van der Waals surface area contributed by atoms with Crippen molar-refractivity contribution < 1.29 is 33.7 Å². The van der Waals surface area contributed by atoms with Crippen LogP contribution in [-0.2, 0) is 23.8 Å². The minimum atomic E-state index is -0.950. The fourth-order valence-electron chi connectivity index (χ4n) is 0.961. The molecule has 0 unspecified atom stereocenters. The minimum absolute atomic E-state index is 0.0473. The Morgan fingerprint density at radius 1 is 0.913 bits per heavy atom. The third kappa shape index (κ3) is 16.1. The normalized spacial score (nSPS) is 9.04. The molecule has 0 aromatic rings. The second kappa shape index (κ2) is 14.8. The van der Waals surface area contributed by atoms with Crippen molar-refractivity contribution in [1.29, 1.82) is 0 Å². The van der Waals surface area contributed by atoms with E-state index in [0.717, 1.165) is 19.3 Å². The van der Waals surface area contributed by atoms with E-state index < -0.39 is 18.1 Å². The van der Waals surface area contributed by atoms with Gasteiger partial charge >= 0.3 is 18.1 Å². The van der Waals surface area contributed by atoms with E-state index in [1.54, 1.807) is 6.92 Å². The highest BCUT2D eigenvalue weighted by Gasteiger charge is 2.11. The Kier molecular flexibility index (Phi) is 14.9. The SMILES string of the molecule is C=C(C)C(=O)OC(=O)OCCCCC.C=C(C)C(=O)OCCO. The van der Waals surface area contributed by atoms with E-state index in [9.17, 15) is 14.4 Å². The lowest BCUT2D eigenvalue weighted by molar-refractivity contribution is -0.140. The first-order chi connectivity index (χ1) is 10.8. The van der Waals surface area contributed by atoms with Gasteiger partial charge in [0.1, 0.15) is 6.61 Å². The molecule has 0 heterocycles. The number of esters is 2. The summed E-state index contributed by atoms with van der Waals surface area (Å²) in [6.07, 6.45) is 1.87. The van der Waals surface area contributed by atoms with Crippen LogP contribution in [0.15, 0.2) is 24.3 Å². The Bertz CT molecular complexity index is 413. The monoisotopic (exact) mass is 330 g/mol. The summed E-state index contributed by atoms with van der Waals surface area (Å²) in [5, 5.41) is 8.19. The number of carbonyl (C=O) groups excluding carboxylic acids is 3. The number of aliphatic hydroxyl groups is 1. The maximum Gasteiger partial charge on any atom is 0.516 e. The van der Waals surface area contributed by atoms with Crippen LogP contribution in [0.3, 0.4) is 0 Å². The molecule has 0 aliphatic carbocycles. The Morgan fingerprint density at radius 3 is 1.91 bits per heavy atom. The van der Waals surface area contributed by atoms with Crippen LogP contribution in [0.4, 0.5) is 4.79 Å². The van der Waals surface area contributed by atoms with E-state index in [2.05, 4.69) is 27.4 Å². The molecule has 0 atom stereocenters. The molecule has 0 saturated heterocycles. The van der Waals surface area contributed by atoms with E-state index in [4.69, 9.17) is 5.11 Å². The molecule has 0 aliphatic rings. The summed E-state index contributed by atoms with van der Waals surface area (Å²) in [5.74, 6) is -1.20. The van der Waals surface area contributed by atoms with E-state index in [1.807, 2.05) is 6.92 Å². The molecule has 0 aromatic carbocycles. The Morgan fingerprint density at radius 2 is 1.48 bits per heavy atom. The Labute approximate surface area is 136 Å². The van der Waals surface area contributed by atoms with Crippen molar-refractivity contribution in [2.24, 2.45) is 0 Å². The molecule has 0 amide bonds. The molecule has 132 valence electrons. The Hall–Kier alpha value is -2.15. The van der Waals surface area contributed by atoms with Gasteiger partial charge in [-0.25, -0.2) is 14.4 Å². The van der Waals surface area contributed by atoms with Gasteiger partial charge in [0.05, 0.1) is 13.2 Å². The number of hydrogen-bond acceptors (Lipinski definition) is 7. The molecule has 0 saturated carbocycles. The number of carbonyl (C=O) groups is 3. The molecule has 0 bridgehead atoms. The van der Waals surface area contributed by atoms with Crippen molar-refractivity contribution >= 4 is 18.1 Å². The lowest BCUT2D eigenvalue weighted by atomic mass is 10.3. The van der Waals surface area contributed by atoms with Gasteiger partial charge in [0, 0.05) is 11.1 Å².